The molecule has 0 unspecified atom stereocenters. The second-order valence-corrected chi connectivity index (χ2v) is 5.17. The van der Waals surface area contributed by atoms with Crippen LogP contribution >= 0.6 is 0 Å². The van der Waals surface area contributed by atoms with Crippen molar-refractivity contribution in [3.8, 4) is 0 Å². The summed E-state index contributed by atoms with van der Waals surface area (Å²) < 4.78 is 1.76. The van der Waals surface area contributed by atoms with Crippen molar-refractivity contribution in [1.82, 2.24) is 19.7 Å². The number of hydrogen-bond donors (Lipinski definition) is 0. The molecule has 0 saturated carbocycles. The highest BCUT2D eigenvalue weighted by Gasteiger charge is 2.25. The number of nitrogens with zero attached hydrogens (tertiary/aromatic N) is 6. The largest absolute Gasteiger partial charge is 0.357 e. The number of carbonyl (C=O) groups is 1. The number of hydrogen-bond acceptors (Lipinski definition) is 5. The van der Waals surface area contributed by atoms with E-state index in [1.54, 1.807) is 15.8 Å². The fourth-order valence-corrected chi connectivity index (χ4v) is 2.70. The van der Waals surface area contributed by atoms with Gasteiger partial charge in [0.15, 0.2) is 0 Å². The molecule has 0 atom stereocenters. The van der Waals surface area contributed by atoms with Gasteiger partial charge in [0.2, 0.25) is 5.95 Å². The molecule has 0 bridgehead atoms. The third kappa shape index (κ3) is 2.54. The van der Waals surface area contributed by atoms with Crippen molar-refractivity contribution in [3.05, 3.63) is 30.2 Å². The average Bonchev–Trinajstić information content (AvgIpc) is 3.04. The number of rotatable bonds is 4. The fourth-order valence-electron chi connectivity index (χ4n) is 2.70. The Labute approximate surface area is 129 Å². The van der Waals surface area contributed by atoms with Gasteiger partial charge in [-0.2, -0.15) is 10.1 Å². The van der Waals surface area contributed by atoms with E-state index >= 15 is 0 Å². The maximum absolute atomic E-state index is 12.7. The Morgan fingerprint density at radius 2 is 2.05 bits per heavy atom. The fraction of sp³-hybridized carbons (Fsp3) is 0.467. The van der Waals surface area contributed by atoms with Crippen molar-refractivity contribution in [1.29, 1.82) is 0 Å². The Hall–Kier alpha value is -2.44. The summed E-state index contributed by atoms with van der Waals surface area (Å²) in [4.78, 5) is 25.1. The van der Waals surface area contributed by atoms with Crippen molar-refractivity contribution < 1.29 is 4.79 Å². The monoisotopic (exact) mass is 300 g/mol. The van der Waals surface area contributed by atoms with E-state index in [-0.39, 0.29) is 5.91 Å². The molecular weight excluding hydrogens is 280 g/mol. The van der Waals surface area contributed by atoms with Crippen LogP contribution in [0.3, 0.4) is 0 Å². The van der Waals surface area contributed by atoms with Crippen molar-refractivity contribution >= 4 is 17.7 Å². The lowest BCUT2D eigenvalue weighted by Crippen LogP contribution is -2.38. The topological polar surface area (TPSA) is 67.2 Å². The Morgan fingerprint density at radius 3 is 2.73 bits per heavy atom. The summed E-state index contributed by atoms with van der Waals surface area (Å²) >= 11 is 0. The van der Waals surface area contributed by atoms with Gasteiger partial charge in [0.05, 0.1) is 5.56 Å². The van der Waals surface area contributed by atoms with E-state index in [1.165, 1.54) is 6.33 Å². The van der Waals surface area contributed by atoms with Crippen molar-refractivity contribution in [3.63, 3.8) is 0 Å². The predicted octanol–water partition coefficient (Wildman–Crippen LogP) is 1.57. The molecule has 7 nitrogen and oxygen atoms in total. The first-order valence-electron chi connectivity index (χ1n) is 7.65. The van der Waals surface area contributed by atoms with Crippen LogP contribution in [0.15, 0.2) is 24.7 Å². The van der Waals surface area contributed by atoms with E-state index in [0.717, 1.165) is 31.9 Å². The lowest BCUT2D eigenvalue weighted by molar-refractivity contribution is 0.0980. The maximum atomic E-state index is 12.7. The third-order valence-electron chi connectivity index (χ3n) is 3.92. The van der Waals surface area contributed by atoms with E-state index in [9.17, 15) is 4.79 Å². The quantitative estimate of drug-likeness (QED) is 0.857. The van der Waals surface area contributed by atoms with Gasteiger partial charge in [0.1, 0.15) is 12.1 Å². The first-order chi connectivity index (χ1) is 10.7. The standard InChI is InChI=1S/C15H20N6O/c1-3-19(4-2)13-7-6-12(10-16-13)14(22)20-8-5-9-21-15(20)17-11-18-21/h6-7,10-11H,3-5,8-9H2,1-2H3. The van der Waals surface area contributed by atoms with Crippen LogP contribution in [0.2, 0.25) is 0 Å². The van der Waals surface area contributed by atoms with Crippen LogP contribution in [0.4, 0.5) is 11.8 Å². The average molecular weight is 300 g/mol. The van der Waals surface area contributed by atoms with Crippen LogP contribution in [0.25, 0.3) is 0 Å². The molecule has 0 N–H and O–H groups in total. The van der Waals surface area contributed by atoms with Crippen molar-refractivity contribution in [2.75, 3.05) is 29.4 Å². The highest BCUT2D eigenvalue weighted by atomic mass is 16.2. The number of fused-ring (bicyclic) bond motifs is 1. The van der Waals surface area contributed by atoms with Gasteiger partial charge in [-0.05, 0) is 32.4 Å². The summed E-state index contributed by atoms with van der Waals surface area (Å²) in [5, 5.41) is 4.13. The molecule has 1 amide bonds. The molecular formula is C15H20N6O. The molecule has 7 heteroatoms. The highest BCUT2D eigenvalue weighted by molar-refractivity contribution is 6.05. The van der Waals surface area contributed by atoms with Crippen LogP contribution in [-0.4, -0.2) is 45.3 Å². The first-order valence-corrected chi connectivity index (χ1v) is 7.65. The maximum Gasteiger partial charge on any atom is 0.262 e. The minimum atomic E-state index is -0.0763. The lowest BCUT2D eigenvalue weighted by atomic mass is 10.2. The summed E-state index contributed by atoms with van der Waals surface area (Å²) in [7, 11) is 0. The Morgan fingerprint density at radius 1 is 1.23 bits per heavy atom. The molecule has 3 rings (SSSR count). The van der Waals surface area contributed by atoms with E-state index in [2.05, 4.69) is 33.8 Å². The van der Waals surface area contributed by atoms with Gasteiger partial charge < -0.3 is 4.90 Å². The molecule has 0 radical (unpaired) electrons. The van der Waals surface area contributed by atoms with Crippen molar-refractivity contribution in [2.24, 2.45) is 0 Å². The van der Waals surface area contributed by atoms with Gasteiger partial charge in [-0.1, -0.05) is 0 Å². The second kappa shape index (κ2) is 6.13. The van der Waals surface area contributed by atoms with Gasteiger partial charge >= 0.3 is 0 Å². The SMILES string of the molecule is CCN(CC)c1ccc(C(=O)N2CCCn3ncnc32)cn1. The molecule has 2 aromatic rings. The molecule has 0 aromatic carbocycles. The molecule has 116 valence electrons. The van der Waals surface area contributed by atoms with Gasteiger partial charge in [0.25, 0.3) is 5.91 Å². The summed E-state index contributed by atoms with van der Waals surface area (Å²) in [5.74, 6) is 1.43. The van der Waals surface area contributed by atoms with Crippen LogP contribution in [0, 0.1) is 0 Å². The van der Waals surface area contributed by atoms with E-state index < -0.39 is 0 Å². The summed E-state index contributed by atoms with van der Waals surface area (Å²) in [5.41, 5.74) is 0.576. The zero-order chi connectivity index (χ0) is 15.5. The zero-order valence-corrected chi connectivity index (χ0v) is 12.9. The number of anilines is 2. The molecule has 1 aliphatic heterocycles. The molecule has 22 heavy (non-hydrogen) atoms. The highest BCUT2D eigenvalue weighted by Crippen LogP contribution is 2.20. The molecule has 0 saturated heterocycles. The van der Waals surface area contributed by atoms with E-state index in [1.807, 2.05) is 12.1 Å². The van der Waals surface area contributed by atoms with Gasteiger partial charge in [-0.3, -0.25) is 9.69 Å². The molecule has 3 heterocycles. The number of carbonyl (C=O) groups excluding carboxylic acids is 1. The minimum Gasteiger partial charge on any atom is -0.357 e. The number of amides is 1. The van der Waals surface area contributed by atoms with Crippen LogP contribution < -0.4 is 9.80 Å². The Balaban J connectivity index is 1.82. The predicted molar refractivity (Wildman–Crippen MR) is 84.1 cm³/mol. The second-order valence-electron chi connectivity index (χ2n) is 5.17. The molecule has 0 spiro atoms. The van der Waals surface area contributed by atoms with Crippen molar-refractivity contribution in [2.45, 2.75) is 26.8 Å². The van der Waals surface area contributed by atoms with Gasteiger partial charge in [-0.25, -0.2) is 9.67 Å². The summed E-state index contributed by atoms with van der Waals surface area (Å²) in [6, 6.07) is 3.73. The number of aromatic nitrogens is 4. The number of aryl methyl sites for hydroxylation is 1. The Kier molecular flexibility index (Phi) is 4.04. The van der Waals surface area contributed by atoms with Gasteiger partial charge in [-0.15, -0.1) is 0 Å². The van der Waals surface area contributed by atoms with Gasteiger partial charge in [0, 0.05) is 32.4 Å². The van der Waals surface area contributed by atoms with Crippen LogP contribution in [-0.2, 0) is 6.54 Å². The normalized spacial score (nSPS) is 13.8. The van der Waals surface area contributed by atoms with Crippen LogP contribution in [0.5, 0.6) is 0 Å². The zero-order valence-electron chi connectivity index (χ0n) is 12.9. The summed E-state index contributed by atoms with van der Waals surface area (Å²) in [6.07, 6.45) is 4.01. The third-order valence-corrected chi connectivity index (χ3v) is 3.92. The summed E-state index contributed by atoms with van der Waals surface area (Å²) in [6.45, 7) is 7.43. The van der Waals surface area contributed by atoms with Crippen LogP contribution in [0.1, 0.15) is 30.6 Å². The smallest absolute Gasteiger partial charge is 0.262 e. The van der Waals surface area contributed by atoms with E-state index in [0.29, 0.717) is 18.1 Å². The minimum absolute atomic E-state index is 0.0763. The lowest BCUT2D eigenvalue weighted by Gasteiger charge is -2.26. The molecule has 1 aliphatic rings. The van der Waals surface area contributed by atoms with E-state index in [4.69, 9.17) is 0 Å². The molecule has 0 fully saturated rings. The number of pyridine rings is 1. The molecule has 2 aromatic heterocycles. The molecule has 0 aliphatic carbocycles. The Bertz CT molecular complexity index is 646. The first kappa shape index (κ1) is 14.5.